The van der Waals surface area contributed by atoms with Crippen LogP contribution in [0.4, 0.5) is 5.69 Å². The second-order valence-electron chi connectivity index (χ2n) is 6.39. The maximum Gasteiger partial charge on any atom is 0.187 e. The minimum absolute atomic E-state index is 0.0185. The summed E-state index contributed by atoms with van der Waals surface area (Å²) in [6.45, 7) is 4.29. The zero-order valence-electron chi connectivity index (χ0n) is 12.9. The number of benzene rings is 2. The highest BCUT2D eigenvalue weighted by molar-refractivity contribution is 6.08. The van der Waals surface area contributed by atoms with Gasteiger partial charge in [-0.05, 0) is 50.1 Å². The zero-order valence-corrected chi connectivity index (χ0v) is 12.9. The van der Waals surface area contributed by atoms with Gasteiger partial charge in [-0.1, -0.05) is 24.3 Å². The van der Waals surface area contributed by atoms with Crippen LogP contribution in [0.1, 0.15) is 35.3 Å². The van der Waals surface area contributed by atoms with Gasteiger partial charge in [0, 0.05) is 34.1 Å². The molecule has 2 aromatic rings. The molecule has 0 saturated heterocycles. The van der Waals surface area contributed by atoms with Gasteiger partial charge in [0.05, 0.1) is 0 Å². The molecule has 1 aliphatic rings. The van der Waals surface area contributed by atoms with Crippen molar-refractivity contribution in [2.24, 2.45) is 0 Å². The number of hydrogen-bond donors (Lipinski definition) is 2. The minimum Gasteiger partial charge on any atom is -0.399 e. The van der Waals surface area contributed by atoms with Gasteiger partial charge < -0.3 is 11.1 Å². The van der Waals surface area contributed by atoms with Crippen molar-refractivity contribution in [1.82, 2.24) is 5.32 Å². The first-order valence-electron chi connectivity index (χ1n) is 7.43. The molecule has 3 nitrogen and oxygen atoms in total. The van der Waals surface area contributed by atoms with E-state index in [0.29, 0.717) is 11.3 Å². The first-order chi connectivity index (χ1) is 10.4. The smallest absolute Gasteiger partial charge is 0.187 e. The summed E-state index contributed by atoms with van der Waals surface area (Å²) in [5.74, 6) is -0.0185. The lowest BCUT2D eigenvalue weighted by atomic mass is 9.85. The maximum absolute atomic E-state index is 12.5. The number of nitrogens with one attached hydrogen (secondary N) is 1. The number of nitrogens with two attached hydrogens (primary N) is 1. The second-order valence-corrected chi connectivity index (χ2v) is 6.39. The van der Waals surface area contributed by atoms with Gasteiger partial charge in [0.15, 0.2) is 5.78 Å². The molecule has 3 rings (SSSR count). The number of ketones is 1. The lowest BCUT2D eigenvalue weighted by Crippen LogP contribution is -2.43. The van der Waals surface area contributed by atoms with Crippen molar-refractivity contribution in [2.45, 2.75) is 25.8 Å². The highest BCUT2D eigenvalue weighted by Gasteiger charge is 2.27. The first kappa shape index (κ1) is 14.4. The minimum atomic E-state index is -0.0679. The van der Waals surface area contributed by atoms with Crippen LogP contribution in [0.5, 0.6) is 0 Å². The monoisotopic (exact) mass is 292 g/mol. The molecule has 1 heterocycles. The summed E-state index contributed by atoms with van der Waals surface area (Å²) in [7, 11) is 0. The molecule has 0 aromatic heterocycles. The van der Waals surface area contributed by atoms with E-state index >= 15 is 0 Å². The van der Waals surface area contributed by atoms with Crippen molar-refractivity contribution >= 4 is 17.2 Å². The van der Waals surface area contributed by atoms with E-state index in [1.54, 1.807) is 30.3 Å². The van der Waals surface area contributed by atoms with E-state index in [-0.39, 0.29) is 11.3 Å². The normalized spacial score (nSPS) is 17.6. The molecule has 0 aliphatic carbocycles. The summed E-state index contributed by atoms with van der Waals surface area (Å²) >= 11 is 0. The Morgan fingerprint density at radius 3 is 2.55 bits per heavy atom. The summed E-state index contributed by atoms with van der Waals surface area (Å²) in [6, 6.07) is 15.2. The number of hydrogen-bond acceptors (Lipinski definition) is 3. The van der Waals surface area contributed by atoms with Gasteiger partial charge >= 0.3 is 0 Å². The Kier molecular flexibility index (Phi) is 3.49. The maximum atomic E-state index is 12.5. The number of carbonyl (C=O) groups excluding carboxylic acids is 1. The van der Waals surface area contributed by atoms with Crippen LogP contribution in [-0.2, 0) is 6.42 Å². The number of fused-ring (bicyclic) bond motifs is 1. The van der Waals surface area contributed by atoms with E-state index in [2.05, 4.69) is 31.3 Å². The van der Waals surface area contributed by atoms with Gasteiger partial charge in [-0.15, -0.1) is 0 Å². The number of rotatable bonds is 2. The Morgan fingerprint density at radius 2 is 1.82 bits per heavy atom. The molecule has 3 heteroatoms. The average molecular weight is 292 g/mol. The summed E-state index contributed by atoms with van der Waals surface area (Å²) in [6.07, 6.45) is 2.63. The lowest BCUT2D eigenvalue weighted by molar-refractivity contribution is 0.104. The average Bonchev–Trinajstić information content (AvgIpc) is 2.46. The molecule has 0 saturated carbocycles. The van der Waals surface area contributed by atoms with Crippen LogP contribution < -0.4 is 11.1 Å². The third kappa shape index (κ3) is 2.89. The van der Waals surface area contributed by atoms with Crippen molar-refractivity contribution in [3.63, 3.8) is 0 Å². The predicted octanol–water partition coefficient (Wildman–Crippen LogP) is 3.42. The van der Waals surface area contributed by atoms with Gasteiger partial charge in [0.2, 0.25) is 0 Å². The molecular formula is C19H20N2O. The summed E-state index contributed by atoms with van der Waals surface area (Å²) in [5.41, 5.74) is 10.2. The van der Waals surface area contributed by atoms with Gasteiger partial charge in [-0.2, -0.15) is 0 Å². The topological polar surface area (TPSA) is 55.1 Å². The van der Waals surface area contributed by atoms with Gasteiger partial charge in [0.25, 0.3) is 0 Å². The van der Waals surface area contributed by atoms with Gasteiger partial charge in [-0.3, -0.25) is 4.79 Å². The third-order valence-corrected chi connectivity index (χ3v) is 3.88. The van der Waals surface area contributed by atoms with E-state index in [0.717, 1.165) is 17.7 Å². The van der Waals surface area contributed by atoms with Crippen LogP contribution in [0.25, 0.3) is 5.70 Å². The summed E-state index contributed by atoms with van der Waals surface area (Å²) in [4.78, 5) is 12.5. The molecule has 3 N–H and O–H groups in total. The van der Waals surface area contributed by atoms with Crippen LogP contribution in [0.3, 0.4) is 0 Å². The third-order valence-electron chi connectivity index (χ3n) is 3.88. The van der Waals surface area contributed by atoms with E-state index < -0.39 is 0 Å². The fourth-order valence-corrected chi connectivity index (χ4v) is 2.87. The molecule has 1 aliphatic heterocycles. The number of allylic oxidation sites excluding steroid dienone is 1. The highest BCUT2D eigenvalue weighted by atomic mass is 16.1. The Labute approximate surface area is 130 Å². The molecule has 0 unspecified atom stereocenters. The number of nitrogen functional groups attached to an aromatic ring is 1. The fraction of sp³-hybridized carbons (Fsp3) is 0.211. The lowest BCUT2D eigenvalue weighted by Gasteiger charge is -2.35. The molecular weight excluding hydrogens is 272 g/mol. The van der Waals surface area contributed by atoms with Crippen LogP contribution in [0, 0.1) is 0 Å². The van der Waals surface area contributed by atoms with Crippen LogP contribution in [0.2, 0.25) is 0 Å². The first-order valence-corrected chi connectivity index (χ1v) is 7.43. The summed E-state index contributed by atoms with van der Waals surface area (Å²) < 4.78 is 0. The molecule has 0 amide bonds. The molecule has 0 radical (unpaired) electrons. The Bertz CT molecular complexity index is 742. The van der Waals surface area contributed by atoms with E-state index in [1.165, 1.54) is 5.56 Å². The van der Waals surface area contributed by atoms with Crippen molar-refractivity contribution in [3.05, 3.63) is 71.3 Å². The van der Waals surface area contributed by atoms with Crippen molar-refractivity contribution < 1.29 is 4.79 Å². The largest absolute Gasteiger partial charge is 0.399 e. The molecule has 2 aromatic carbocycles. The number of carbonyl (C=O) groups is 1. The molecule has 0 bridgehead atoms. The molecule has 22 heavy (non-hydrogen) atoms. The molecule has 0 spiro atoms. The van der Waals surface area contributed by atoms with E-state index in [1.807, 2.05) is 12.1 Å². The fourth-order valence-electron chi connectivity index (χ4n) is 2.87. The van der Waals surface area contributed by atoms with Crippen molar-refractivity contribution in [3.8, 4) is 0 Å². The van der Waals surface area contributed by atoms with Crippen molar-refractivity contribution in [2.75, 3.05) is 5.73 Å². The van der Waals surface area contributed by atoms with Gasteiger partial charge in [0.1, 0.15) is 0 Å². The van der Waals surface area contributed by atoms with E-state index in [9.17, 15) is 4.79 Å². The van der Waals surface area contributed by atoms with Crippen LogP contribution in [0.15, 0.2) is 54.6 Å². The molecule has 0 atom stereocenters. The standard InChI is InChI=1S/C19H20N2O/c1-19(2)12-14-5-3-4-6-16(14)17(21-19)11-18(22)13-7-9-15(20)10-8-13/h3-11,21H,12,20H2,1-2H3. The zero-order chi connectivity index (χ0) is 15.7. The van der Waals surface area contributed by atoms with Crippen molar-refractivity contribution in [1.29, 1.82) is 0 Å². The Morgan fingerprint density at radius 1 is 1.14 bits per heavy atom. The van der Waals surface area contributed by atoms with Crippen LogP contribution in [-0.4, -0.2) is 11.3 Å². The van der Waals surface area contributed by atoms with Gasteiger partial charge in [-0.25, -0.2) is 0 Å². The second kappa shape index (κ2) is 5.34. The molecule has 0 fully saturated rings. The number of anilines is 1. The predicted molar refractivity (Wildman–Crippen MR) is 90.5 cm³/mol. The SMILES string of the molecule is CC1(C)Cc2ccccc2C(=CC(=O)c2ccc(N)cc2)N1. The Balaban J connectivity index is 1.99. The molecule has 112 valence electrons. The quantitative estimate of drug-likeness (QED) is 0.506. The summed E-state index contributed by atoms with van der Waals surface area (Å²) in [5, 5.41) is 3.48. The highest BCUT2D eigenvalue weighted by Crippen LogP contribution is 2.29. The Hall–Kier alpha value is -2.55. The van der Waals surface area contributed by atoms with E-state index in [4.69, 9.17) is 5.73 Å². The van der Waals surface area contributed by atoms with Crippen LogP contribution >= 0.6 is 0 Å².